The molecule has 1 unspecified atom stereocenters. The van der Waals surface area contributed by atoms with Crippen LogP contribution in [0.3, 0.4) is 0 Å². The molecule has 1 saturated heterocycles. The molecule has 0 bridgehead atoms. The Kier molecular flexibility index (Phi) is 4.74. The van der Waals surface area contributed by atoms with Gasteiger partial charge in [0.1, 0.15) is 13.2 Å². The minimum absolute atomic E-state index is 0.0158. The number of benzene rings is 1. The number of ether oxygens (including phenoxy) is 2. The summed E-state index contributed by atoms with van der Waals surface area (Å²) in [6.45, 7) is 4.50. The minimum Gasteiger partial charge on any atom is -0.486 e. The third-order valence-corrected chi connectivity index (χ3v) is 5.53. The van der Waals surface area contributed by atoms with E-state index in [0.29, 0.717) is 26.3 Å². The smallest absolute Gasteiger partial charge is 0.225 e. The van der Waals surface area contributed by atoms with Crippen LogP contribution in [0.4, 0.5) is 0 Å². The predicted molar refractivity (Wildman–Crippen MR) is 96.0 cm³/mol. The van der Waals surface area contributed by atoms with E-state index in [9.17, 15) is 9.59 Å². The second-order valence-corrected chi connectivity index (χ2v) is 7.51. The van der Waals surface area contributed by atoms with E-state index < -0.39 is 0 Å². The number of carbonyl (C=O) groups excluding carboxylic acids is 2. The first-order valence-corrected chi connectivity index (χ1v) is 9.60. The van der Waals surface area contributed by atoms with E-state index in [1.54, 1.807) is 0 Å². The van der Waals surface area contributed by atoms with Crippen LogP contribution in [0.2, 0.25) is 0 Å². The van der Waals surface area contributed by atoms with Crippen LogP contribution in [0.25, 0.3) is 0 Å². The van der Waals surface area contributed by atoms with Crippen LogP contribution in [-0.2, 0) is 9.59 Å². The number of fused-ring (bicyclic) bond motifs is 1. The van der Waals surface area contributed by atoms with Crippen molar-refractivity contribution < 1.29 is 19.1 Å². The van der Waals surface area contributed by atoms with Gasteiger partial charge in [0.25, 0.3) is 0 Å². The van der Waals surface area contributed by atoms with E-state index in [-0.39, 0.29) is 29.7 Å². The first-order chi connectivity index (χ1) is 12.6. The van der Waals surface area contributed by atoms with Crippen molar-refractivity contribution in [2.24, 2.45) is 11.8 Å². The third-order valence-electron chi connectivity index (χ3n) is 5.53. The molecular weight excluding hydrogens is 332 g/mol. The summed E-state index contributed by atoms with van der Waals surface area (Å²) >= 11 is 0. The Hall–Kier alpha value is -2.24. The zero-order valence-electron chi connectivity index (χ0n) is 15.2. The molecule has 2 fully saturated rings. The first kappa shape index (κ1) is 17.2. The highest BCUT2D eigenvalue weighted by Gasteiger charge is 2.36. The molecule has 26 heavy (non-hydrogen) atoms. The SMILES string of the molecule is CC(NC(=O)C1CCN(C(=O)C2CC2)CC1)c1ccc2c(c1)OCCO2. The summed E-state index contributed by atoms with van der Waals surface area (Å²) in [4.78, 5) is 26.7. The number of nitrogens with one attached hydrogen (secondary N) is 1. The molecule has 2 heterocycles. The standard InChI is InChI=1S/C20H26N2O4/c1-13(16-4-5-17-18(12-16)26-11-10-25-17)21-19(23)14-6-8-22(9-7-14)20(24)15-2-3-15/h4-5,12-15H,2-3,6-11H2,1H3,(H,21,23). The number of rotatable bonds is 4. The lowest BCUT2D eigenvalue weighted by Crippen LogP contribution is -2.44. The maximum atomic E-state index is 12.6. The largest absolute Gasteiger partial charge is 0.486 e. The van der Waals surface area contributed by atoms with Gasteiger partial charge in [0.15, 0.2) is 11.5 Å². The van der Waals surface area contributed by atoms with E-state index in [0.717, 1.165) is 42.7 Å². The quantitative estimate of drug-likeness (QED) is 0.897. The normalized spacial score (nSPS) is 21.2. The summed E-state index contributed by atoms with van der Waals surface area (Å²) in [7, 11) is 0. The zero-order valence-corrected chi connectivity index (χ0v) is 15.2. The van der Waals surface area contributed by atoms with E-state index in [1.807, 2.05) is 30.0 Å². The number of hydrogen-bond donors (Lipinski definition) is 1. The van der Waals surface area contributed by atoms with Gasteiger partial charge in [-0.3, -0.25) is 9.59 Å². The number of hydrogen-bond acceptors (Lipinski definition) is 4. The molecule has 3 aliphatic rings. The van der Waals surface area contributed by atoms with Crippen LogP contribution in [0.15, 0.2) is 18.2 Å². The van der Waals surface area contributed by atoms with E-state index in [1.165, 1.54) is 0 Å². The van der Waals surface area contributed by atoms with Crippen molar-refractivity contribution >= 4 is 11.8 Å². The Balaban J connectivity index is 1.31. The number of nitrogens with zero attached hydrogens (tertiary/aromatic N) is 1. The molecule has 6 nitrogen and oxygen atoms in total. The topological polar surface area (TPSA) is 67.9 Å². The van der Waals surface area contributed by atoms with Crippen LogP contribution in [0, 0.1) is 11.8 Å². The van der Waals surface area contributed by atoms with Gasteiger partial charge in [0.2, 0.25) is 11.8 Å². The molecule has 140 valence electrons. The monoisotopic (exact) mass is 358 g/mol. The number of carbonyl (C=O) groups is 2. The highest BCUT2D eigenvalue weighted by Crippen LogP contribution is 2.34. The minimum atomic E-state index is -0.0931. The zero-order chi connectivity index (χ0) is 18.1. The van der Waals surface area contributed by atoms with Crippen molar-refractivity contribution in [2.45, 2.75) is 38.6 Å². The Morgan fingerprint density at radius 1 is 1.04 bits per heavy atom. The lowest BCUT2D eigenvalue weighted by atomic mass is 9.95. The average Bonchev–Trinajstić information content (AvgIpc) is 3.52. The molecule has 2 aliphatic heterocycles. The second-order valence-electron chi connectivity index (χ2n) is 7.51. The molecule has 0 aromatic heterocycles. The van der Waals surface area contributed by atoms with Gasteiger partial charge in [-0.05, 0) is 50.3 Å². The summed E-state index contributed by atoms with van der Waals surface area (Å²) in [6, 6.07) is 5.71. The summed E-state index contributed by atoms with van der Waals surface area (Å²) in [5, 5.41) is 3.11. The second kappa shape index (κ2) is 7.17. The van der Waals surface area contributed by atoms with Crippen molar-refractivity contribution in [1.29, 1.82) is 0 Å². The van der Waals surface area contributed by atoms with Gasteiger partial charge in [-0.25, -0.2) is 0 Å². The highest BCUT2D eigenvalue weighted by atomic mass is 16.6. The molecular formula is C20H26N2O4. The first-order valence-electron chi connectivity index (χ1n) is 9.60. The fourth-order valence-corrected chi connectivity index (χ4v) is 3.69. The van der Waals surface area contributed by atoms with Crippen molar-refractivity contribution in [3.63, 3.8) is 0 Å². The van der Waals surface area contributed by atoms with Crippen LogP contribution in [0.5, 0.6) is 11.5 Å². The molecule has 4 rings (SSSR count). The molecule has 1 aromatic rings. The Morgan fingerprint density at radius 3 is 2.42 bits per heavy atom. The molecule has 0 radical (unpaired) electrons. The fraction of sp³-hybridized carbons (Fsp3) is 0.600. The van der Waals surface area contributed by atoms with Crippen molar-refractivity contribution in [3.05, 3.63) is 23.8 Å². The Labute approximate surface area is 153 Å². The van der Waals surface area contributed by atoms with Crippen LogP contribution < -0.4 is 14.8 Å². The molecule has 1 N–H and O–H groups in total. The maximum Gasteiger partial charge on any atom is 0.225 e. The lowest BCUT2D eigenvalue weighted by molar-refractivity contribution is -0.136. The lowest BCUT2D eigenvalue weighted by Gasteiger charge is -2.32. The van der Waals surface area contributed by atoms with Crippen molar-refractivity contribution in [2.75, 3.05) is 26.3 Å². The molecule has 2 amide bonds. The summed E-state index contributed by atoms with van der Waals surface area (Å²) in [5.74, 6) is 2.10. The molecule has 0 spiro atoms. The summed E-state index contributed by atoms with van der Waals surface area (Å²) in [6.07, 6.45) is 3.56. The molecule has 1 aromatic carbocycles. The van der Waals surface area contributed by atoms with Gasteiger partial charge in [0, 0.05) is 24.9 Å². The highest BCUT2D eigenvalue weighted by molar-refractivity contribution is 5.82. The molecule has 1 atom stereocenters. The van der Waals surface area contributed by atoms with Gasteiger partial charge < -0.3 is 19.7 Å². The van der Waals surface area contributed by atoms with Gasteiger partial charge in [-0.1, -0.05) is 6.07 Å². The third kappa shape index (κ3) is 3.64. The number of likely N-dealkylation sites (tertiary alicyclic amines) is 1. The summed E-state index contributed by atoms with van der Waals surface area (Å²) < 4.78 is 11.2. The van der Waals surface area contributed by atoms with Crippen LogP contribution in [0.1, 0.15) is 44.2 Å². The van der Waals surface area contributed by atoms with Crippen molar-refractivity contribution in [3.8, 4) is 11.5 Å². The molecule has 1 aliphatic carbocycles. The van der Waals surface area contributed by atoms with Crippen molar-refractivity contribution in [1.82, 2.24) is 10.2 Å². The van der Waals surface area contributed by atoms with Gasteiger partial charge in [-0.2, -0.15) is 0 Å². The van der Waals surface area contributed by atoms with E-state index in [4.69, 9.17) is 9.47 Å². The fourth-order valence-electron chi connectivity index (χ4n) is 3.69. The average molecular weight is 358 g/mol. The summed E-state index contributed by atoms with van der Waals surface area (Å²) in [5.41, 5.74) is 1.00. The predicted octanol–water partition coefficient (Wildman–Crippen LogP) is 2.28. The van der Waals surface area contributed by atoms with Crippen LogP contribution >= 0.6 is 0 Å². The van der Waals surface area contributed by atoms with E-state index in [2.05, 4.69) is 5.32 Å². The van der Waals surface area contributed by atoms with Crippen LogP contribution in [-0.4, -0.2) is 43.0 Å². The molecule has 1 saturated carbocycles. The Bertz CT molecular complexity index is 693. The number of piperidine rings is 1. The van der Waals surface area contributed by atoms with E-state index >= 15 is 0 Å². The number of amides is 2. The maximum absolute atomic E-state index is 12.6. The van der Waals surface area contributed by atoms with Gasteiger partial charge in [0.05, 0.1) is 6.04 Å². The Morgan fingerprint density at radius 2 is 1.73 bits per heavy atom. The van der Waals surface area contributed by atoms with Gasteiger partial charge in [-0.15, -0.1) is 0 Å². The van der Waals surface area contributed by atoms with Gasteiger partial charge >= 0.3 is 0 Å². The molecule has 6 heteroatoms.